The zero-order valence-corrected chi connectivity index (χ0v) is 24.0. The highest BCUT2D eigenvalue weighted by Gasteiger charge is 2.95. The van der Waals surface area contributed by atoms with Gasteiger partial charge < -0.3 is 10.1 Å². The summed E-state index contributed by atoms with van der Waals surface area (Å²) in [6.45, 7) is -0.146. The highest BCUT2D eigenvalue weighted by molar-refractivity contribution is 5.87. The van der Waals surface area contributed by atoms with Gasteiger partial charge in [-0.1, -0.05) is 12.1 Å². The first-order valence-corrected chi connectivity index (χ1v) is 12.9. The van der Waals surface area contributed by atoms with E-state index in [1.165, 1.54) is 6.92 Å². The lowest BCUT2D eigenvalue weighted by Crippen LogP contribution is -2.74. The highest BCUT2D eigenvalue weighted by Crippen LogP contribution is 2.64. The van der Waals surface area contributed by atoms with E-state index in [4.69, 9.17) is 0 Å². The van der Waals surface area contributed by atoms with E-state index >= 15 is 0 Å². The van der Waals surface area contributed by atoms with Crippen molar-refractivity contribution >= 4 is 11.8 Å². The van der Waals surface area contributed by atoms with E-state index in [0.29, 0.717) is 12.1 Å². The molecule has 0 saturated carbocycles. The molecule has 1 heterocycles. The van der Waals surface area contributed by atoms with Crippen LogP contribution >= 0.6 is 0 Å². The highest BCUT2D eigenvalue weighted by atomic mass is 19.4. The SMILES string of the molecule is CCOC(=O)c1ncc(-c2ccc(C(F)(F)F)cc2)c(NCCCC(F)(F)C(F)(F)C(F)(F)C(F)(F)C(F)(F)C(F)(F)C(F)(F)C(F)(F)F)n1. The number of carbonyl (C=O) groups excluding carboxylic acids is 1. The van der Waals surface area contributed by atoms with Crippen LogP contribution in [-0.4, -0.2) is 76.7 Å². The van der Waals surface area contributed by atoms with Crippen molar-refractivity contribution in [1.82, 2.24) is 9.97 Å². The Morgan fingerprint density at radius 1 is 0.680 bits per heavy atom. The van der Waals surface area contributed by atoms with Gasteiger partial charge in [-0.25, -0.2) is 14.8 Å². The van der Waals surface area contributed by atoms with Gasteiger partial charge in [0.2, 0.25) is 5.82 Å². The molecule has 0 saturated heterocycles. The molecular weight excluding hydrogens is 754 g/mol. The maximum atomic E-state index is 14.3. The summed E-state index contributed by atoms with van der Waals surface area (Å²) in [7, 11) is 0. The largest absolute Gasteiger partial charge is 0.460 e. The minimum atomic E-state index is -8.75. The average molecular weight is 771 g/mol. The topological polar surface area (TPSA) is 64.1 Å². The van der Waals surface area contributed by atoms with Gasteiger partial charge in [0, 0.05) is 24.7 Å². The number of halogens is 20. The van der Waals surface area contributed by atoms with Crippen LogP contribution in [0.15, 0.2) is 30.5 Å². The molecule has 1 N–H and O–H groups in total. The molecule has 0 atom stereocenters. The van der Waals surface area contributed by atoms with Crippen LogP contribution in [0.1, 0.15) is 35.9 Å². The van der Waals surface area contributed by atoms with E-state index in [1.807, 2.05) is 0 Å². The van der Waals surface area contributed by atoms with E-state index in [-0.39, 0.29) is 17.7 Å². The van der Waals surface area contributed by atoms with Crippen LogP contribution in [0.2, 0.25) is 0 Å². The average Bonchev–Trinajstić information content (AvgIpc) is 2.97. The van der Waals surface area contributed by atoms with Crippen molar-refractivity contribution in [3.8, 4) is 11.1 Å². The number of nitrogens with zero attached hydrogens (tertiary/aromatic N) is 2. The molecule has 1 aromatic heterocycles. The molecule has 5 nitrogen and oxygen atoms in total. The van der Waals surface area contributed by atoms with Crippen LogP contribution < -0.4 is 5.32 Å². The first-order valence-electron chi connectivity index (χ1n) is 12.9. The molecule has 25 heteroatoms. The molecule has 0 amide bonds. The zero-order valence-electron chi connectivity index (χ0n) is 24.0. The standard InChI is InChI=1S/C25H17F20N3O2/c1-2-50-16(49)15-47-10-13(11-4-6-12(7-5-11)18(28,29)30)14(48-15)46-9-3-8-17(26,27)19(31,32)20(33,34)21(35,36)22(37,38)23(39,40)24(41,42)25(43,44)45/h4-7,10H,2-3,8-9H2,1H3,(H,46,47,48). The third-order valence-electron chi connectivity index (χ3n) is 6.52. The number of hydrogen-bond acceptors (Lipinski definition) is 5. The van der Waals surface area contributed by atoms with E-state index in [2.05, 4.69) is 20.0 Å². The van der Waals surface area contributed by atoms with Crippen LogP contribution in [0.5, 0.6) is 0 Å². The zero-order chi connectivity index (χ0) is 39.2. The Morgan fingerprint density at radius 2 is 1.14 bits per heavy atom. The second-order valence-corrected chi connectivity index (χ2v) is 9.93. The second-order valence-electron chi connectivity index (χ2n) is 9.93. The van der Waals surface area contributed by atoms with Crippen molar-refractivity contribution in [2.45, 2.75) is 73.6 Å². The van der Waals surface area contributed by atoms with Gasteiger partial charge in [0.15, 0.2) is 0 Å². The van der Waals surface area contributed by atoms with Crippen molar-refractivity contribution in [3.63, 3.8) is 0 Å². The molecule has 50 heavy (non-hydrogen) atoms. The fourth-order valence-corrected chi connectivity index (χ4v) is 3.73. The van der Waals surface area contributed by atoms with Gasteiger partial charge in [0.1, 0.15) is 5.82 Å². The fraction of sp³-hybridized carbons (Fsp3) is 0.560. The summed E-state index contributed by atoms with van der Waals surface area (Å²) in [5.74, 6) is -60.0. The normalized spacial score (nSPS) is 14.5. The van der Waals surface area contributed by atoms with Crippen LogP contribution in [0.3, 0.4) is 0 Å². The molecule has 0 aliphatic rings. The Morgan fingerprint density at radius 3 is 1.58 bits per heavy atom. The van der Waals surface area contributed by atoms with Crippen molar-refractivity contribution in [1.29, 1.82) is 0 Å². The van der Waals surface area contributed by atoms with Crippen molar-refractivity contribution in [3.05, 3.63) is 41.9 Å². The molecule has 0 radical (unpaired) electrons. The van der Waals surface area contributed by atoms with Gasteiger partial charge >= 0.3 is 59.8 Å². The van der Waals surface area contributed by atoms with Gasteiger partial charge in [0.05, 0.1) is 12.2 Å². The lowest BCUT2D eigenvalue weighted by atomic mass is 9.88. The maximum Gasteiger partial charge on any atom is 0.460 e. The molecule has 2 aromatic rings. The summed E-state index contributed by atoms with van der Waals surface area (Å²) >= 11 is 0. The number of anilines is 1. The van der Waals surface area contributed by atoms with Gasteiger partial charge in [0.25, 0.3) is 0 Å². The summed E-state index contributed by atoms with van der Waals surface area (Å²) in [4.78, 5) is 19.2. The first-order chi connectivity index (χ1) is 22.3. The lowest BCUT2D eigenvalue weighted by molar-refractivity contribution is -0.461. The number of nitrogens with one attached hydrogen (secondary N) is 1. The van der Waals surface area contributed by atoms with Crippen molar-refractivity contribution < 1.29 is 97.3 Å². The number of alkyl halides is 20. The Kier molecular flexibility index (Phi) is 11.3. The Labute approximate surface area is 265 Å². The van der Waals surface area contributed by atoms with Crippen molar-refractivity contribution in [2.24, 2.45) is 0 Å². The molecule has 2 rings (SSSR count). The smallest absolute Gasteiger partial charge is 0.460 e. The minimum absolute atomic E-state index is 0.191. The maximum absolute atomic E-state index is 14.3. The molecule has 0 aliphatic heterocycles. The molecule has 1 aromatic carbocycles. The van der Waals surface area contributed by atoms with Gasteiger partial charge in [-0.2, -0.15) is 87.8 Å². The Balaban J connectivity index is 2.39. The third-order valence-corrected chi connectivity index (χ3v) is 6.52. The molecule has 0 unspecified atom stereocenters. The molecular formula is C25H17F20N3O2. The molecule has 0 spiro atoms. The van der Waals surface area contributed by atoms with Gasteiger partial charge in [-0.3, -0.25) is 0 Å². The minimum Gasteiger partial charge on any atom is -0.460 e. The first kappa shape index (κ1) is 42.3. The summed E-state index contributed by atoms with van der Waals surface area (Å²) in [5.41, 5.74) is -1.71. The van der Waals surface area contributed by atoms with E-state index in [0.717, 1.165) is 18.3 Å². The second kappa shape index (κ2) is 13.4. The third kappa shape index (κ3) is 7.17. The van der Waals surface area contributed by atoms with E-state index in [9.17, 15) is 92.6 Å². The van der Waals surface area contributed by atoms with E-state index < -0.39 is 96.4 Å². The predicted molar refractivity (Wildman–Crippen MR) is 127 cm³/mol. The monoisotopic (exact) mass is 771 g/mol. The summed E-state index contributed by atoms with van der Waals surface area (Å²) in [5, 5.41) is 2.06. The molecule has 284 valence electrons. The van der Waals surface area contributed by atoms with Crippen LogP contribution in [-0.2, 0) is 10.9 Å². The van der Waals surface area contributed by atoms with Crippen molar-refractivity contribution in [2.75, 3.05) is 18.5 Å². The number of benzene rings is 1. The predicted octanol–water partition coefficient (Wildman–Crippen LogP) is 9.54. The number of rotatable bonds is 14. The summed E-state index contributed by atoms with van der Waals surface area (Å²) in [6.07, 6.45) is -16.3. The number of esters is 1. The fourth-order valence-electron chi connectivity index (χ4n) is 3.73. The van der Waals surface area contributed by atoms with Crippen LogP contribution in [0.4, 0.5) is 93.6 Å². The Bertz CT molecular complexity index is 1500. The number of carbonyl (C=O) groups is 1. The lowest BCUT2D eigenvalue weighted by Gasteiger charge is -2.42. The van der Waals surface area contributed by atoms with E-state index in [1.54, 1.807) is 0 Å². The summed E-state index contributed by atoms with van der Waals surface area (Å²) in [6, 6.07) is 2.66. The molecule has 0 bridgehead atoms. The Hall–Kier alpha value is -3.83. The van der Waals surface area contributed by atoms with Gasteiger partial charge in [-0.15, -0.1) is 0 Å². The van der Waals surface area contributed by atoms with Gasteiger partial charge in [-0.05, 0) is 31.0 Å². The van der Waals surface area contributed by atoms with Crippen LogP contribution in [0, 0.1) is 0 Å². The quantitative estimate of drug-likeness (QED) is 0.118. The molecule has 0 fully saturated rings. The summed E-state index contributed by atoms with van der Waals surface area (Å²) < 4.78 is 272. The molecule has 0 aliphatic carbocycles. The number of aromatic nitrogens is 2. The number of ether oxygens (including phenoxy) is 1. The van der Waals surface area contributed by atoms with Crippen LogP contribution in [0.25, 0.3) is 11.1 Å². The number of hydrogen-bond donors (Lipinski definition) is 1.